The molecule has 0 saturated heterocycles. The fourth-order valence-electron chi connectivity index (χ4n) is 1.71. The van der Waals surface area contributed by atoms with E-state index in [4.69, 9.17) is 0 Å². The predicted molar refractivity (Wildman–Crippen MR) is 81.6 cm³/mol. The van der Waals surface area contributed by atoms with Gasteiger partial charge in [-0.15, -0.1) is 11.8 Å². The van der Waals surface area contributed by atoms with Crippen LogP contribution in [0.15, 0.2) is 35.2 Å². The highest BCUT2D eigenvalue weighted by Crippen LogP contribution is 2.23. The number of benzene rings is 1. The molecule has 0 saturated carbocycles. The zero-order valence-corrected chi connectivity index (χ0v) is 12.7. The molecule has 0 radical (unpaired) electrons. The first-order valence-corrected chi connectivity index (χ1v) is 7.51. The predicted octanol–water partition coefficient (Wildman–Crippen LogP) is 4.07. The smallest absolute Gasteiger partial charge is 0.141 e. The third-order valence-electron chi connectivity index (χ3n) is 2.80. The lowest BCUT2D eigenvalue weighted by atomic mass is 10.1. The SMILES string of the molecule is CNc1cc(C(C)C)nc(CSc2cccc(F)c2)n1. The summed E-state index contributed by atoms with van der Waals surface area (Å²) in [6.45, 7) is 4.20. The molecule has 0 unspecified atom stereocenters. The molecule has 106 valence electrons. The summed E-state index contributed by atoms with van der Waals surface area (Å²) in [4.78, 5) is 9.87. The van der Waals surface area contributed by atoms with Crippen LogP contribution in [0.4, 0.5) is 10.2 Å². The van der Waals surface area contributed by atoms with Crippen molar-refractivity contribution < 1.29 is 4.39 Å². The van der Waals surface area contributed by atoms with Crippen molar-refractivity contribution in [2.45, 2.75) is 30.4 Å². The molecule has 0 aliphatic carbocycles. The standard InChI is InChI=1S/C15H18FN3S/c1-10(2)13-8-14(17-3)19-15(18-13)9-20-12-6-4-5-11(16)7-12/h4-8,10H,9H2,1-3H3,(H,17,18,19). The van der Waals surface area contributed by atoms with Crippen LogP contribution in [-0.4, -0.2) is 17.0 Å². The second-order valence-corrected chi connectivity index (χ2v) is 5.79. The summed E-state index contributed by atoms with van der Waals surface area (Å²) in [5, 5.41) is 3.05. The highest BCUT2D eigenvalue weighted by atomic mass is 32.2. The first-order valence-electron chi connectivity index (χ1n) is 6.52. The van der Waals surface area contributed by atoms with Crippen molar-refractivity contribution in [2.75, 3.05) is 12.4 Å². The van der Waals surface area contributed by atoms with Crippen LogP contribution in [0.2, 0.25) is 0 Å². The minimum Gasteiger partial charge on any atom is -0.373 e. The molecule has 0 fully saturated rings. The van der Waals surface area contributed by atoms with E-state index in [2.05, 4.69) is 29.1 Å². The first-order chi connectivity index (χ1) is 9.58. The Bertz CT molecular complexity index is 587. The molecular formula is C15H18FN3S. The number of anilines is 1. The van der Waals surface area contributed by atoms with Gasteiger partial charge in [0.2, 0.25) is 0 Å². The van der Waals surface area contributed by atoms with E-state index < -0.39 is 0 Å². The summed E-state index contributed by atoms with van der Waals surface area (Å²) in [7, 11) is 1.84. The lowest BCUT2D eigenvalue weighted by Crippen LogP contribution is -2.04. The highest BCUT2D eigenvalue weighted by molar-refractivity contribution is 7.98. The number of hydrogen-bond donors (Lipinski definition) is 1. The molecule has 1 heterocycles. The van der Waals surface area contributed by atoms with Crippen molar-refractivity contribution >= 4 is 17.6 Å². The average molecular weight is 291 g/mol. The van der Waals surface area contributed by atoms with E-state index in [0.717, 1.165) is 22.2 Å². The summed E-state index contributed by atoms with van der Waals surface area (Å²) in [5.41, 5.74) is 1.01. The lowest BCUT2D eigenvalue weighted by Gasteiger charge is -2.10. The molecule has 0 amide bonds. The molecule has 0 atom stereocenters. The molecule has 1 aromatic heterocycles. The van der Waals surface area contributed by atoms with Crippen molar-refractivity contribution in [3.8, 4) is 0 Å². The zero-order valence-electron chi connectivity index (χ0n) is 11.9. The first kappa shape index (κ1) is 14.8. The summed E-state index contributed by atoms with van der Waals surface area (Å²) in [6.07, 6.45) is 0. The van der Waals surface area contributed by atoms with E-state index in [-0.39, 0.29) is 5.82 Å². The number of aromatic nitrogens is 2. The topological polar surface area (TPSA) is 37.8 Å². The van der Waals surface area contributed by atoms with Gasteiger partial charge in [-0.05, 0) is 24.1 Å². The Morgan fingerprint density at radius 1 is 1.25 bits per heavy atom. The van der Waals surface area contributed by atoms with E-state index in [1.807, 2.05) is 19.2 Å². The molecule has 0 aliphatic heterocycles. The maximum absolute atomic E-state index is 13.1. The number of nitrogens with zero attached hydrogens (tertiary/aromatic N) is 2. The van der Waals surface area contributed by atoms with Gasteiger partial charge in [0, 0.05) is 23.7 Å². The van der Waals surface area contributed by atoms with Gasteiger partial charge >= 0.3 is 0 Å². The van der Waals surface area contributed by atoms with E-state index >= 15 is 0 Å². The monoisotopic (exact) mass is 291 g/mol. The molecule has 0 spiro atoms. The van der Waals surface area contributed by atoms with Gasteiger partial charge in [-0.2, -0.15) is 0 Å². The van der Waals surface area contributed by atoms with Crippen LogP contribution in [0.25, 0.3) is 0 Å². The molecular weight excluding hydrogens is 273 g/mol. The van der Waals surface area contributed by atoms with Gasteiger partial charge in [0.05, 0.1) is 5.75 Å². The van der Waals surface area contributed by atoms with Crippen LogP contribution in [0, 0.1) is 5.82 Å². The number of nitrogens with one attached hydrogen (secondary N) is 1. The van der Waals surface area contributed by atoms with E-state index in [9.17, 15) is 4.39 Å². The molecule has 5 heteroatoms. The van der Waals surface area contributed by atoms with E-state index in [1.165, 1.54) is 23.9 Å². The van der Waals surface area contributed by atoms with Crippen molar-refractivity contribution in [1.29, 1.82) is 0 Å². The van der Waals surface area contributed by atoms with Crippen LogP contribution in [-0.2, 0) is 5.75 Å². The van der Waals surface area contributed by atoms with Crippen molar-refractivity contribution in [1.82, 2.24) is 9.97 Å². The summed E-state index contributed by atoms with van der Waals surface area (Å²) in [5.74, 6) is 2.33. The second kappa shape index (κ2) is 6.70. The van der Waals surface area contributed by atoms with Gasteiger partial charge < -0.3 is 5.32 Å². The Hall–Kier alpha value is -1.62. The van der Waals surface area contributed by atoms with Crippen LogP contribution < -0.4 is 5.32 Å². The van der Waals surface area contributed by atoms with Gasteiger partial charge in [0.15, 0.2) is 0 Å². The minimum atomic E-state index is -0.220. The van der Waals surface area contributed by atoms with Crippen LogP contribution in [0.3, 0.4) is 0 Å². The largest absolute Gasteiger partial charge is 0.373 e. The third kappa shape index (κ3) is 3.93. The second-order valence-electron chi connectivity index (χ2n) is 4.75. The number of rotatable bonds is 5. The Kier molecular flexibility index (Phi) is 4.95. The summed E-state index contributed by atoms with van der Waals surface area (Å²) < 4.78 is 13.1. The highest BCUT2D eigenvalue weighted by Gasteiger charge is 2.08. The third-order valence-corrected chi connectivity index (χ3v) is 3.79. The summed E-state index contributed by atoms with van der Waals surface area (Å²) in [6, 6.07) is 8.52. The average Bonchev–Trinajstić information content (AvgIpc) is 2.45. The van der Waals surface area contributed by atoms with Crippen molar-refractivity contribution in [3.05, 3.63) is 47.7 Å². The van der Waals surface area contributed by atoms with E-state index in [0.29, 0.717) is 11.7 Å². The Balaban J connectivity index is 2.14. The minimum absolute atomic E-state index is 0.220. The Labute approximate surface area is 123 Å². The van der Waals surface area contributed by atoms with E-state index in [1.54, 1.807) is 6.07 Å². The Morgan fingerprint density at radius 2 is 2.05 bits per heavy atom. The van der Waals surface area contributed by atoms with Crippen LogP contribution >= 0.6 is 11.8 Å². The molecule has 3 nitrogen and oxygen atoms in total. The normalized spacial score (nSPS) is 10.8. The number of hydrogen-bond acceptors (Lipinski definition) is 4. The maximum atomic E-state index is 13.1. The fourth-order valence-corrected chi connectivity index (χ4v) is 2.51. The molecule has 2 rings (SSSR count). The van der Waals surface area contributed by atoms with Gasteiger partial charge in [-0.3, -0.25) is 0 Å². The lowest BCUT2D eigenvalue weighted by molar-refractivity contribution is 0.624. The summed E-state index contributed by atoms with van der Waals surface area (Å²) >= 11 is 1.53. The van der Waals surface area contributed by atoms with Gasteiger partial charge in [0.1, 0.15) is 17.5 Å². The van der Waals surface area contributed by atoms with Crippen LogP contribution in [0.5, 0.6) is 0 Å². The number of thioether (sulfide) groups is 1. The molecule has 2 aromatic rings. The van der Waals surface area contributed by atoms with Crippen molar-refractivity contribution in [2.24, 2.45) is 0 Å². The molecule has 1 aromatic carbocycles. The van der Waals surface area contributed by atoms with Gasteiger partial charge in [-0.1, -0.05) is 19.9 Å². The molecule has 0 bridgehead atoms. The Morgan fingerprint density at radius 3 is 2.70 bits per heavy atom. The molecule has 20 heavy (non-hydrogen) atoms. The molecule has 1 N–H and O–H groups in total. The van der Waals surface area contributed by atoms with Crippen LogP contribution in [0.1, 0.15) is 31.3 Å². The van der Waals surface area contributed by atoms with Gasteiger partial charge in [0.25, 0.3) is 0 Å². The van der Waals surface area contributed by atoms with Crippen molar-refractivity contribution in [3.63, 3.8) is 0 Å². The number of halogens is 1. The van der Waals surface area contributed by atoms with Gasteiger partial charge in [-0.25, -0.2) is 14.4 Å². The maximum Gasteiger partial charge on any atom is 0.141 e. The molecule has 0 aliphatic rings. The fraction of sp³-hybridized carbons (Fsp3) is 0.333. The quantitative estimate of drug-likeness (QED) is 0.843. The zero-order chi connectivity index (χ0) is 14.5.